The van der Waals surface area contributed by atoms with Gasteiger partial charge in [0, 0.05) is 17.6 Å². The van der Waals surface area contributed by atoms with Gasteiger partial charge in [0.05, 0.1) is 24.6 Å². The molecule has 2 aromatic carbocycles. The predicted octanol–water partition coefficient (Wildman–Crippen LogP) is 3.01. The van der Waals surface area contributed by atoms with Gasteiger partial charge in [-0.2, -0.15) is 0 Å². The van der Waals surface area contributed by atoms with Crippen molar-refractivity contribution in [1.82, 2.24) is 15.0 Å². The second kappa shape index (κ2) is 11.4. The van der Waals surface area contributed by atoms with Gasteiger partial charge in [-0.3, -0.25) is 4.79 Å². The zero-order valence-electron chi connectivity index (χ0n) is 17.0. The Hall–Kier alpha value is -2.29. The monoisotopic (exact) mass is 463 g/mol. The number of carbonyl (C=O) groups is 1. The Morgan fingerprint density at radius 3 is 2.32 bits per heavy atom. The molecule has 1 aliphatic rings. The molecule has 1 heterocycles. The van der Waals surface area contributed by atoms with Crippen LogP contribution in [0.3, 0.4) is 0 Å². The number of ether oxygens (including phenoxy) is 1. The van der Waals surface area contributed by atoms with E-state index in [-0.39, 0.29) is 55.3 Å². The highest BCUT2D eigenvalue weighted by atomic mass is 35.5. The van der Waals surface area contributed by atoms with Gasteiger partial charge in [0.25, 0.3) is 0 Å². The molecule has 0 saturated heterocycles. The van der Waals surface area contributed by atoms with Gasteiger partial charge in [0.15, 0.2) is 5.78 Å². The number of halogens is 2. The van der Waals surface area contributed by atoms with Gasteiger partial charge in [-0.25, -0.2) is 4.68 Å². The largest absolute Gasteiger partial charge is 0.370 e. The van der Waals surface area contributed by atoms with Crippen LogP contribution in [0.2, 0.25) is 0 Å². The van der Waals surface area contributed by atoms with Crippen molar-refractivity contribution < 1.29 is 9.53 Å². The number of nitrogens with two attached hydrogens (primary N) is 2. The third kappa shape index (κ3) is 6.12. The minimum atomic E-state index is -0.0745. The lowest BCUT2D eigenvalue weighted by atomic mass is 10.0. The summed E-state index contributed by atoms with van der Waals surface area (Å²) in [6.07, 6.45) is 3.05. The molecule has 3 aromatic rings. The van der Waals surface area contributed by atoms with Gasteiger partial charge in [-0.15, -0.1) is 29.9 Å². The number of hydrogen-bond donors (Lipinski definition) is 2. The normalized spacial score (nSPS) is 20.0. The van der Waals surface area contributed by atoms with Crippen molar-refractivity contribution in [3.05, 3.63) is 72.1 Å². The Morgan fingerprint density at radius 1 is 1.00 bits per heavy atom. The Kier molecular flexibility index (Phi) is 9.15. The fourth-order valence-corrected chi connectivity index (χ4v) is 3.69. The summed E-state index contributed by atoms with van der Waals surface area (Å²) in [4.78, 5) is 12.7. The van der Waals surface area contributed by atoms with E-state index in [1.807, 2.05) is 54.6 Å². The van der Waals surface area contributed by atoms with Crippen molar-refractivity contribution in [2.75, 3.05) is 0 Å². The van der Waals surface area contributed by atoms with Crippen LogP contribution in [0.15, 0.2) is 60.8 Å². The maximum Gasteiger partial charge on any atom is 0.184 e. The first kappa shape index (κ1) is 25.0. The second-order valence-corrected chi connectivity index (χ2v) is 7.49. The maximum atomic E-state index is 12.7. The average molecular weight is 464 g/mol. The minimum Gasteiger partial charge on any atom is -0.370 e. The first-order chi connectivity index (χ1) is 14.1. The lowest BCUT2D eigenvalue weighted by molar-refractivity contribution is 0.0312. The van der Waals surface area contributed by atoms with E-state index in [4.69, 9.17) is 16.2 Å². The molecule has 0 bridgehead atoms. The highest BCUT2D eigenvalue weighted by molar-refractivity contribution is 5.96. The molecular formula is C22H27Cl2N5O2. The molecule has 1 aromatic heterocycles. The van der Waals surface area contributed by atoms with E-state index in [9.17, 15) is 4.79 Å². The molecule has 4 N–H and O–H groups in total. The Morgan fingerprint density at radius 2 is 1.68 bits per heavy atom. The number of ketones is 1. The number of aromatic nitrogens is 3. The van der Waals surface area contributed by atoms with Crippen LogP contribution in [-0.4, -0.2) is 39.0 Å². The fraction of sp³-hybridized carbons (Fsp3) is 0.318. The van der Waals surface area contributed by atoms with E-state index in [1.54, 1.807) is 10.9 Å². The van der Waals surface area contributed by atoms with Gasteiger partial charge in [-0.1, -0.05) is 59.8 Å². The number of carbonyl (C=O) groups excluding carboxylic acids is 1. The first-order valence-electron chi connectivity index (χ1n) is 9.79. The summed E-state index contributed by atoms with van der Waals surface area (Å²) in [7, 11) is 0. The number of hydrogen-bond acceptors (Lipinski definition) is 6. The van der Waals surface area contributed by atoms with E-state index in [1.165, 1.54) is 0 Å². The molecule has 31 heavy (non-hydrogen) atoms. The van der Waals surface area contributed by atoms with Gasteiger partial charge < -0.3 is 16.2 Å². The molecule has 9 heteroatoms. The summed E-state index contributed by atoms with van der Waals surface area (Å²) in [5.74, 6) is -0.0315. The topological polar surface area (TPSA) is 109 Å². The molecule has 166 valence electrons. The Labute approximate surface area is 194 Å². The summed E-state index contributed by atoms with van der Waals surface area (Å²) < 4.78 is 7.48. The van der Waals surface area contributed by atoms with Crippen molar-refractivity contribution in [3.8, 4) is 11.1 Å². The molecule has 7 nitrogen and oxygen atoms in total. The van der Waals surface area contributed by atoms with E-state index >= 15 is 0 Å². The smallest absolute Gasteiger partial charge is 0.184 e. The van der Waals surface area contributed by atoms with Crippen LogP contribution in [-0.2, 0) is 17.9 Å². The highest BCUT2D eigenvalue weighted by Gasteiger charge is 2.30. The van der Waals surface area contributed by atoms with Crippen molar-refractivity contribution >= 4 is 30.6 Å². The van der Waals surface area contributed by atoms with Crippen LogP contribution in [0.25, 0.3) is 11.1 Å². The molecule has 1 aliphatic carbocycles. The lowest BCUT2D eigenvalue weighted by Crippen LogP contribution is -2.31. The van der Waals surface area contributed by atoms with E-state index in [2.05, 4.69) is 10.3 Å². The quantitative estimate of drug-likeness (QED) is 0.521. The SMILES string of the molecule is Cl.Cl.N[C@H]1C[C@@H](N)[C@H](OCc2cnnn2CC(=O)c2ccc(-c3ccccc3)cc2)C1. The third-order valence-corrected chi connectivity index (χ3v) is 5.34. The maximum absolute atomic E-state index is 12.7. The van der Waals surface area contributed by atoms with Gasteiger partial charge in [0.1, 0.15) is 6.54 Å². The summed E-state index contributed by atoms with van der Waals surface area (Å²) in [6, 6.07) is 17.7. The third-order valence-electron chi connectivity index (χ3n) is 5.34. The Bertz CT molecular complexity index is 966. The molecule has 0 unspecified atom stereocenters. The van der Waals surface area contributed by atoms with Crippen LogP contribution in [0.5, 0.6) is 0 Å². The first-order valence-corrected chi connectivity index (χ1v) is 9.79. The van der Waals surface area contributed by atoms with Crippen molar-refractivity contribution in [2.24, 2.45) is 11.5 Å². The summed E-state index contributed by atoms with van der Waals surface area (Å²) >= 11 is 0. The predicted molar refractivity (Wildman–Crippen MR) is 124 cm³/mol. The van der Waals surface area contributed by atoms with Gasteiger partial charge in [0.2, 0.25) is 0 Å². The van der Waals surface area contributed by atoms with Crippen molar-refractivity contribution in [3.63, 3.8) is 0 Å². The second-order valence-electron chi connectivity index (χ2n) is 7.49. The highest BCUT2D eigenvalue weighted by Crippen LogP contribution is 2.21. The summed E-state index contributed by atoms with van der Waals surface area (Å²) in [5.41, 5.74) is 15.6. The number of benzene rings is 2. The summed E-state index contributed by atoms with van der Waals surface area (Å²) in [6.45, 7) is 0.415. The molecular weight excluding hydrogens is 437 g/mol. The van der Waals surface area contributed by atoms with E-state index in [0.29, 0.717) is 12.2 Å². The molecule has 4 rings (SSSR count). The zero-order chi connectivity index (χ0) is 20.2. The molecule has 1 fully saturated rings. The molecule has 1 saturated carbocycles. The average Bonchev–Trinajstić information content (AvgIpc) is 3.32. The van der Waals surface area contributed by atoms with Gasteiger partial charge in [-0.05, 0) is 24.0 Å². The van der Waals surface area contributed by atoms with Crippen molar-refractivity contribution in [2.45, 2.75) is 44.2 Å². The zero-order valence-corrected chi connectivity index (χ0v) is 18.6. The van der Waals surface area contributed by atoms with Crippen LogP contribution in [0.4, 0.5) is 0 Å². The minimum absolute atomic E-state index is 0. The van der Waals surface area contributed by atoms with Crippen LogP contribution in [0, 0.1) is 0 Å². The summed E-state index contributed by atoms with van der Waals surface area (Å²) in [5, 5.41) is 7.96. The molecule has 0 spiro atoms. The fourth-order valence-electron chi connectivity index (χ4n) is 3.69. The number of rotatable bonds is 7. The Balaban J connectivity index is 0.00000171. The van der Waals surface area contributed by atoms with E-state index in [0.717, 1.165) is 29.7 Å². The van der Waals surface area contributed by atoms with Crippen molar-refractivity contribution in [1.29, 1.82) is 0 Å². The van der Waals surface area contributed by atoms with Crippen LogP contribution >= 0.6 is 24.8 Å². The lowest BCUT2D eigenvalue weighted by Gasteiger charge is -2.16. The van der Waals surface area contributed by atoms with Crippen LogP contribution in [0.1, 0.15) is 28.9 Å². The van der Waals surface area contributed by atoms with Gasteiger partial charge >= 0.3 is 0 Å². The van der Waals surface area contributed by atoms with Crippen LogP contribution < -0.4 is 11.5 Å². The number of nitrogens with zero attached hydrogens (tertiary/aromatic N) is 3. The standard InChI is InChI=1S/C22H25N5O2.2ClH/c23-18-10-20(24)22(11-18)29-14-19-12-25-26-27(19)13-21(28)17-8-6-16(7-9-17)15-4-2-1-3-5-15;;/h1-9,12,18,20,22H,10-11,13-14,23-24H2;2*1H/t18-,20+,22+;;/m0../s1. The number of Topliss-reactive ketones (excluding diaryl/α,β-unsaturated/α-hetero) is 1. The van der Waals surface area contributed by atoms with E-state index < -0.39 is 0 Å². The molecule has 0 radical (unpaired) electrons. The molecule has 0 aliphatic heterocycles. The molecule has 3 atom stereocenters. The molecule has 0 amide bonds.